The number of nitrogens with zero attached hydrogens (tertiary/aromatic N) is 1. The normalized spacial score (nSPS) is 21.3. The summed E-state index contributed by atoms with van der Waals surface area (Å²) in [6.07, 6.45) is 2.90. The minimum atomic E-state index is -4.52. The Morgan fingerprint density at radius 2 is 2.29 bits per heavy atom. The summed E-state index contributed by atoms with van der Waals surface area (Å²) in [4.78, 5) is 12.8. The number of carbonyl (C=O) groups excluding carboxylic acids is 1. The van der Waals surface area contributed by atoms with E-state index in [1.165, 1.54) is 35.0 Å². The molecule has 0 fully saturated rings. The van der Waals surface area contributed by atoms with Crippen LogP contribution in [0, 0.1) is 0 Å². The first-order valence-electron chi connectivity index (χ1n) is 5.78. The topological polar surface area (TPSA) is 41.6 Å². The van der Waals surface area contributed by atoms with Crippen LogP contribution in [-0.2, 0) is 9.53 Å². The van der Waals surface area contributed by atoms with E-state index in [0.29, 0.717) is 0 Å². The molecule has 0 amide bonds. The molecular weight excluding hydrogens is 305 g/mol. The van der Waals surface area contributed by atoms with E-state index in [2.05, 4.69) is 16.6 Å². The van der Waals surface area contributed by atoms with Crippen LogP contribution in [0.3, 0.4) is 0 Å². The van der Waals surface area contributed by atoms with Crippen molar-refractivity contribution in [1.82, 2.24) is 10.2 Å². The van der Waals surface area contributed by atoms with Crippen LogP contribution in [0.5, 0.6) is 0 Å². The number of ether oxygens (including phenoxy) is 1. The number of allylic oxidation sites excluding steroid dienone is 4. The average molecular weight is 316 g/mol. The summed E-state index contributed by atoms with van der Waals surface area (Å²) < 4.78 is 43.4. The predicted molar refractivity (Wildman–Crippen MR) is 73.1 cm³/mol. The van der Waals surface area contributed by atoms with E-state index in [-0.39, 0.29) is 5.70 Å². The quantitative estimate of drug-likeness (QED) is 0.374. The zero-order valence-electron chi connectivity index (χ0n) is 10.6. The van der Waals surface area contributed by atoms with Gasteiger partial charge in [0.05, 0.1) is 12.0 Å². The molecule has 2 aliphatic heterocycles. The van der Waals surface area contributed by atoms with E-state index in [1.807, 2.05) is 0 Å². The fourth-order valence-electron chi connectivity index (χ4n) is 1.70. The van der Waals surface area contributed by atoms with Gasteiger partial charge in [-0.1, -0.05) is 24.4 Å². The van der Waals surface area contributed by atoms with Crippen molar-refractivity contribution in [3.05, 3.63) is 60.1 Å². The molecule has 0 aromatic rings. The van der Waals surface area contributed by atoms with Gasteiger partial charge >= 0.3 is 12.1 Å². The molecule has 4 nitrogen and oxygen atoms in total. The van der Waals surface area contributed by atoms with Gasteiger partial charge in [-0.25, -0.2) is 4.79 Å². The third-order valence-corrected chi connectivity index (χ3v) is 3.42. The van der Waals surface area contributed by atoms with Gasteiger partial charge in [0.15, 0.2) is 5.50 Å². The van der Waals surface area contributed by atoms with Crippen LogP contribution in [0.15, 0.2) is 60.1 Å². The molecule has 1 atom stereocenters. The molecule has 1 unspecified atom stereocenters. The number of hydrogen-bond acceptors (Lipinski definition) is 5. The van der Waals surface area contributed by atoms with E-state index >= 15 is 0 Å². The second-order valence-electron chi connectivity index (χ2n) is 3.92. The maximum atomic E-state index is 12.9. The molecule has 21 heavy (non-hydrogen) atoms. The third-order valence-electron chi connectivity index (χ3n) is 2.54. The maximum Gasteiger partial charge on any atom is 0.433 e. The van der Waals surface area contributed by atoms with Crippen molar-refractivity contribution >= 4 is 17.7 Å². The first kappa shape index (κ1) is 15.3. The minimum Gasteiger partial charge on any atom is -0.431 e. The Kier molecular flexibility index (Phi) is 4.46. The van der Waals surface area contributed by atoms with Gasteiger partial charge in [-0.05, 0) is 17.6 Å². The zero-order valence-corrected chi connectivity index (χ0v) is 11.4. The van der Waals surface area contributed by atoms with Crippen LogP contribution in [0.1, 0.15) is 0 Å². The molecule has 2 heterocycles. The van der Waals surface area contributed by atoms with E-state index in [1.54, 1.807) is 5.41 Å². The van der Waals surface area contributed by atoms with Crippen molar-refractivity contribution in [3.8, 4) is 0 Å². The lowest BCUT2D eigenvalue weighted by Gasteiger charge is -2.16. The van der Waals surface area contributed by atoms with Gasteiger partial charge in [0.2, 0.25) is 0 Å². The molecule has 0 saturated heterocycles. The number of hydrogen-bond donors (Lipinski definition) is 1. The Morgan fingerprint density at radius 1 is 1.52 bits per heavy atom. The van der Waals surface area contributed by atoms with E-state index in [0.717, 1.165) is 18.4 Å². The zero-order chi connectivity index (χ0) is 15.5. The average Bonchev–Trinajstić information content (AvgIpc) is 2.96. The number of halogens is 3. The first-order chi connectivity index (χ1) is 9.93. The van der Waals surface area contributed by atoms with Gasteiger partial charge in [0.25, 0.3) is 0 Å². The lowest BCUT2D eigenvalue weighted by atomic mass is 10.3. The summed E-state index contributed by atoms with van der Waals surface area (Å²) >= 11 is 1.21. The number of carbonyl (C=O) groups is 1. The van der Waals surface area contributed by atoms with Crippen LogP contribution in [-0.4, -0.2) is 22.5 Å². The fourth-order valence-corrected chi connectivity index (χ4v) is 2.55. The van der Waals surface area contributed by atoms with Crippen LogP contribution in [0.25, 0.3) is 0 Å². The van der Waals surface area contributed by atoms with E-state index in [4.69, 9.17) is 0 Å². The molecule has 0 aromatic heterocycles. The number of thioether (sulfide) groups is 1. The van der Waals surface area contributed by atoms with Crippen LogP contribution in [0.4, 0.5) is 13.2 Å². The lowest BCUT2D eigenvalue weighted by molar-refractivity contribution is -0.132. The molecular formula is C13H11F3N2O2S. The molecule has 0 aliphatic carbocycles. The monoisotopic (exact) mass is 316 g/mol. The summed E-state index contributed by atoms with van der Waals surface area (Å²) in [5.74, 6) is -0.776. The number of esters is 1. The van der Waals surface area contributed by atoms with Gasteiger partial charge in [-0.15, -0.1) is 0 Å². The highest BCUT2D eigenvalue weighted by atomic mass is 32.2. The molecule has 0 saturated carbocycles. The van der Waals surface area contributed by atoms with Crippen molar-refractivity contribution in [2.45, 2.75) is 11.7 Å². The third kappa shape index (κ3) is 3.52. The Balaban J connectivity index is 2.17. The van der Waals surface area contributed by atoms with Gasteiger partial charge in [-0.3, -0.25) is 0 Å². The van der Waals surface area contributed by atoms with Crippen LogP contribution in [0.2, 0.25) is 0 Å². The SMILES string of the molecule is C=C/C=C\OC(=O)/C=C/C1=C(C(F)(F)F)NC2SC=CN12. The number of rotatable bonds is 4. The number of fused-ring (bicyclic) bond motifs is 1. The second-order valence-corrected chi connectivity index (χ2v) is 4.91. The largest absolute Gasteiger partial charge is 0.433 e. The van der Waals surface area contributed by atoms with E-state index in [9.17, 15) is 18.0 Å². The lowest BCUT2D eigenvalue weighted by Crippen LogP contribution is -2.30. The van der Waals surface area contributed by atoms with Crippen LogP contribution >= 0.6 is 11.8 Å². The molecule has 8 heteroatoms. The predicted octanol–water partition coefficient (Wildman–Crippen LogP) is 2.97. The van der Waals surface area contributed by atoms with Gasteiger partial charge in [0.1, 0.15) is 5.70 Å². The highest BCUT2D eigenvalue weighted by Crippen LogP contribution is 2.39. The number of alkyl halides is 3. The van der Waals surface area contributed by atoms with Crippen molar-refractivity contribution in [3.63, 3.8) is 0 Å². The van der Waals surface area contributed by atoms with Gasteiger partial charge < -0.3 is 15.0 Å². The maximum absolute atomic E-state index is 12.9. The molecule has 0 aromatic carbocycles. The Hall–Kier alpha value is -2.09. The summed E-state index contributed by atoms with van der Waals surface area (Å²) in [6, 6.07) is 0. The Bertz CT molecular complexity index is 564. The highest BCUT2D eigenvalue weighted by Gasteiger charge is 2.45. The Labute approximate surface area is 123 Å². The standard InChI is InChI=1S/C13H11F3N2O2S/c1-2-3-7-20-10(19)5-4-9-11(13(14,15)16)17-12-18(9)6-8-21-12/h2-8,12,17H,1H2/b5-4+,7-3-. The van der Waals surface area contributed by atoms with Crippen LogP contribution < -0.4 is 5.32 Å². The first-order valence-corrected chi connectivity index (χ1v) is 6.72. The highest BCUT2D eigenvalue weighted by molar-refractivity contribution is 8.02. The smallest absolute Gasteiger partial charge is 0.431 e. The Morgan fingerprint density at radius 3 is 2.95 bits per heavy atom. The summed E-state index contributed by atoms with van der Waals surface area (Å²) in [5, 5.41) is 4.04. The van der Waals surface area contributed by atoms with E-state index < -0.39 is 23.3 Å². The molecule has 112 valence electrons. The molecule has 2 rings (SSSR count). The summed E-state index contributed by atoms with van der Waals surface area (Å²) in [5.41, 5.74) is -1.55. The summed E-state index contributed by atoms with van der Waals surface area (Å²) in [7, 11) is 0. The fraction of sp³-hybridized carbons (Fsp3) is 0.154. The van der Waals surface area contributed by atoms with Crippen molar-refractivity contribution in [2.75, 3.05) is 0 Å². The molecule has 0 spiro atoms. The molecule has 1 N–H and O–H groups in total. The summed E-state index contributed by atoms with van der Waals surface area (Å²) in [6.45, 7) is 3.39. The second kappa shape index (κ2) is 6.13. The molecule has 0 radical (unpaired) electrons. The van der Waals surface area contributed by atoms with Gasteiger partial charge in [0, 0.05) is 12.3 Å². The van der Waals surface area contributed by atoms with Gasteiger partial charge in [-0.2, -0.15) is 13.2 Å². The van der Waals surface area contributed by atoms with Crippen molar-refractivity contribution in [2.24, 2.45) is 0 Å². The molecule has 0 bridgehead atoms. The number of nitrogens with one attached hydrogen (secondary N) is 1. The van der Waals surface area contributed by atoms with Crippen molar-refractivity contribution in [1.29, 1.82) is 0 Å². The van der Waals surface area contributed by atoms with Crippen molar-refractivity contribution < 1.29 is 22.7 Å². The minimum absolute atomic E-state index is 0.126. The molecule has 2 aliphatic rings.